The van der Waals surface area contributed by atoms with Gasteiger partial charge in [0.2, 0.25) is 0 Å². The molecule has 2 N–H and O–H groups in total. The van der Waals surface area contributed by atoms with Crippen LogP contribution >= 0.6 is 0 Å². The van der Waals surface area contributed by atoms with Gasteiger partial charge in [0, 0.05) is 5.69 Å². The van der Waals surface area contributed by atoms with Gasteiger partial charge in [-0.05, 0) is 60.4 Å². The molecule has 0 aliphatic heterocycles. The lowest BCUT2D eigenvalue weighted by molar-refractivity contribution is -0.142. The van der Waals surface area contributed by atoms with Crippen LogP contribution in [0.25, 0.3) is 0 Å². The third kappa shape index (κ3) is 2.24. The lowest BCUT2D eigenvalue weighted by Gasteiger charge is -2.28. The number of fused-ring (bicyclic) bond motifs is 1. The van der Waals surface area contributed by atoms with Gasteiger partial charge in [-0.25, -0.2) is 13.6 Å². The van der Waals surface area contributed by atoms with Crippen LogP contribution in [0.3, 0.4) is 0 Å². The summed E-state index contributed by atoms with van der Waals surface area (Å²) in [6.45, 7) is 0. The van der Waals surface area contributed by atoms with Crippen LogP contribution in [0.5, 0.6) is 0 Å². The summed E-state index contributed by atoms with van der Waals surface area (Å²) in [5, 5.41) is 12.6. The number of benzene rings is 2. The summed E-state index contributed by atoms with van der Waals surface area (Å²) < 4.78 is 26.2. The Morgan fingerprint density at radius 1 is 1.10 bits per heavy atom. The maximum Gasteiger partial charge on any atom is 0.334 e. The van der Waals surface area contributed by atoms with Gasteiger partial charge in [0.05, 0.1) is 0 Å². The molecule has 1 aliphatic rings. The van der Waals surface area contributed by atoms with Gasteiger partial charge >= 0.3 is 5.97 Å². The molecule has 3 nitrogen and oxygen atoms in total. The molecule has 1 atom stereocenters. The first kappa shape index (κ1) is 13.5. The number of carboxylic acid groups (broad SMARTS) is 1. The fourth-order valence-corrected chi connectivity index (χ4v) is 2.83. The van der Waals surface area contributed by atoms with E-state index in [2.05, 4.69) is 5.32 Å². The third-order valence-electron chi connectivity index (χ3n) is 3.86. The van der Waals surface area contributed by atoms with Crippen molar-refractivity contribution in [3.05, 3.63) is 65.2 Å². The van der Waals surface area contributed by atoms with E-state index in [-0.39, 0.29) is 11.6 Å². The Bertz CT molecular complexity index is 700. The van der Waals surface area contributed by atoms with Crippen molar-refractivity contribution >= 4 is 11.7 Å². The van der Waals surface area contributed by atoms with Crippen LogP contribution in [0.4, 0.5) is 14.5 Å². The van der Waals surface area contributed by atoms with E-state index < -0.39 is 11.5 Å². The second-order valence-corrected chi connectivity index (χ2v) is 5.14. The van der Waals surface area contributed by atoms with Crippen LogP contribution in [0.1, 0.15) is 17.5 Å². The fraction of sp³-hybridized carbons (Fsp3) is 0.188. The SMILES string of the molecule is O=C(O)C1(Nc2ccc(F)cc2)CCc2cc(F)ccc21. The van der Waals surface area contributed by atoms with E-state index in [1.165, 1.54) is 42.5 Å². The molecule has 2 aromatic rings. The molecule has 0 saturated carbocycles. The van der Waals surface area contributed by atoms with E-state index in [9.17, 15) is 18.7 Å². The Morgan fingerprint density at radius 2 is 1.76 bits per heavy atom. The van der Waals surface area contributed by atoms with Crippen molar-refractivity contribution in [1.82, 2.24) is 0 Å². The molecule has 0 heterocycles. The highest BCUT2D eigenvalue weighted by molar-refractivity contribution is 5.86. The van der Waals surface area contributed by atoms with Crippen molar-refractivity contribution in [1.29, 1.82) is 0 Å². The minimum Gasteiger partial charge on any atom is -0.479 e. The number of carboxylic acids is 1. The zero-order valence-corrected chi connectivity index (χ0v) is 11.1. The summed E-state index contributed by atoms with van der Waals surface area (Å²) >= 11 is 0. The van der Waals surface area contributed by atoms with Crippen LogP contribution in [0.15, 0.2) is 42.5 Å². The smallest absolute Gasteiger partial charge is 0.334 e. The normalized spacial score (nSPS) is 20.1. The summed E-state index contributed by atoms with van der Waals surface area (Å²) in [5.74, 6) is -1.80. The van der Waals surface area contributed by atoms with Gasteiger partial charge in [-0.2, -0.15) is 0 Å². The zero-order chi connectivity index (χ0) is 15.0. The number of hydrogen-bond donors (Lipinski definition) is 2. The Labute approximate surface area is 120 Å². The number of hydrogen-bond acceptors (Lipinski definition) is 2. The molecule has 0 saturated heterocycles. The molecule has 0 bridgehead atoms. The topological polar surface area (TPSA) is 49.3 Å². The summed E-state index contributed by atoms with van der Waals surface area (Å²) in [5.41, 5.74) is 0.449. The van der Waals surface area contributed by atoms with Crippen molar-refractivity contribution in [2.75, 3.05) is 5.32 Å². The standard InChI is InChI=1S/C16H13F2NO2/c17-11-1-4-13(5-2-11)19-16(15(20)21)8-7-10-9-12(18)3-6-14(10)16/h1-6,9,19H,7-8H2,(H,20,21). The first-order chi connectivity index (χ1) is 10.0. The number of carbonyl (C=O) groups is 1. The van der Waals surface area contributed by atoms with Gasteiger partial charge in [0.25, 0.3) is 0 Å². The quantitative estimate of drug-likeness (QED) is 0.911. The molecular weight excluding hydrogens is 276 g/mol. The van der Waals surface area contributed by atoms with Crippen molar-refractivity contribution in [2.45, 2.75) is 18.4 Å². The maximum absolute atomic E-state index is 13.3. The van der Waals surface area contributed by atoms with Gasteiger partial charge in [-0.1, -0.05) is 6.07 Å². The second-order valence-electron chi connectivity index (χ2n) is 5.14. The first-order valence-electron chi connectivity index (χ1n) is 6.57. The van der Waals surface area contributed by atoms with Crippen LogP contribution in [-0.4, -0.2) is 11.1 Å². The Morgan fingerprint density at radius 3 is 2.43 bits per heavy atom. The molecular formula is C16H13F2NO2. The molecule has 1 unspecified atom stereocenters. The van der Waals surface area contributed by atoms with Crippen LogP contribution < -0.4 is 5.32 Å². The molecule has 0 spiro atoms. The lowest BCUT2D eigenvalue weighted by Crippen LogP contribution is -2.41. The summed E-state index contributed by atoms with van der Waals surface area (Å²) in [6, 6.07) is 9.63. The van der Waals surface area contributed by atoms with E-state index in [1.54, 1.807) is 0 Å². The largest absolute Gasteiger partial charge is 0.479 e. The number of rotatable bonds is 3. The average Bonchev–Trinajstić information content (AvgIpc) is 2.81. The summed E-state index contributed by atoms with van der Waals surface area (Å²) in [7, 11) is 0. The fourth-order valence-electron chi connectivity index (χ4n) is 2.83. The van der Waals surface area contributed by atoms with Crippen molar-refractivity contribution < 1.29 is 18.7 Å². The molecule has 3 rings (SSSR count). The predicted octanol–water partition coefficient (Wildman–Crippen LogP) is 3.30. The van der Waals surface area contributed by atoms with E-state index in [1.807, 2.05) is 0 Å². The van der Waals surface area contributed by atoms with Gasteiger partial charge in [0.15, 0.2) is 5.54 Å². The summed E-state index contributed by atoms with van der Waals surface area (Å²) in [6.07, 6.45) is 0.798. The molecule has 0 fully saturated rings. The molecule has 0 radical (unpaired) electrons. The third-order valence-corrected chi connectivity index (χ3v) is 3.86. The minimum absolute atomic E-state index is 0.318. The monoisotopic (exact) mass is 289 g/mol. The van der Waals surface area contributed by atoms with Crippen LogP contribution in [0.2, 0.25) is 0 Å². The Kier molecular flexibility index (Phi) is 3.12. The van der Waals surface area contributed by atoms with Crippen LogP contribution in [0, 0.1) is 11.6 Å². The molecule has 21 heavy (non-hydrogen) atoms. The highest BCUT2D eigenvalue weighted by Crippen LogP contribution is 2.40. The molecule has 0 amide bonds. The molecule has 0 aromatic heterocycles. The highest BCUT2D eigenvalue weighted by Gasteiger charge is 2.45. The Hall–Kier alpha value is -2.43. The van der Waals surface area contributed by atoms with Gasteiger partial charge < -0.3 is 10.4 Å². The first-order valence-corrected chi connectivity index (χ1v) is 6.57. The van der Waals surface area contributed by atoms with E-state index >= 15 is 0 Å². The molecule has 5 heteroatoms. The summed E-state index contributed by atoms with van der Waals surface area (Å²) in [4.78, 5) is 11.8. The Balaban J connectivity index is 2.03. The molecule has 1 aliphatic carbocycles. The van der Waals surface area contributed by atoms with Crippen molar-refractivity contribution in [3.63, 3.8) is 0 Å². The highest BCUT2D eigenvalue weighted by atomic mass is 19.1. The number of nitrogens with one attached hydrogen (secondary N) is 1. The van der Waals surface area contributed by atoms with Crippen molar-refractivity contribution in [3.8, 4) is 0 Å². The molecule has 2 aromatic carbocycles. The van der Waals surface area contributed by atoms with Crippen molar-refractivity contribution in [2.24, 2.45) is 0 Å². The van der Waals surface area contributed by atoms with Gasteiger partial charge in [0.1, 0.15) is 11.6 Å². The number of halogens is 2. The van der Waals surface area contributed by atoms with Crippen LogP contribution in [-0.2, 0) is 16.8 Å². The van der Waals surface area contributed by atoms with E-state index in [4.69, 9.17) is 0 Å². The number of anilines is 1. The predicted molar refractivity (Wildman–Crippen MR) is 74.1 cm³/mol. The lowest BCUT2D eigenvalue weighted by atomic mass is 9.91. The molecule has 108 valence electrons. The van der Waals surface area contributed by atoms with E-state index in [0.29, 0.717) is 29.7 Å². The van der Waals surface area contributed by atoms with Gasteiger partial charge in [-0.15, -0.1) is 0 Å². The minimum atomic E-state index is -1.30. The second kappa shape index (κ2) is 4.84. The van der Waals surface area contributed by atoms with E-state index in [0.717, 1.165) is 0 Å². The average molecular weight is 289 g/mol. The number of aliphatic carboxylic acids is 1. The van der Waals surface area contributed by atoms with Gasteiger partial charge in [-0.3, -0.25) is 0 Å². The zero-order valence-electron chi connectivity index (χ0n) is 11.1. The number of aryl methyl sites for hydroxylation is 1. The maximum atomic E-state index is 13.3.